The Morgan fingerprint density at radius 1 is 1.14 bits per heavy atom. The van der Waals surface area contributed by atoms with Crippen LogP contribution in [0, 0.1) is 5.41 Å². The molecule has 4 N–H and O–H groups in total. The molecule has 1 aliphatic carbocycles. The van der Waals surface area contributed by atoms with Gasteiger partial charge in [-0.05, 0) is 29.9 Å². The maximum atomic E-state index is 12.2. The summed E-state index contributed by atoms with van der Waals surface area (Å²) in [6.07, 6.45) is 1.22. The van der Waals surface area contributed by atoms with E-state index in [-0.39, 0.29) is 17.9 Å². The summed E-state index contributed by atoms with van der Waals surface area (Å²) in [5, 5.41) is 5.37. The van der Waals surface area contributed by atoms with Crippen molar-refractivity contribution in [2.24, 2.45) is 11.1 Å². The lowest BCUT2D eigenvalue weighted by Crippen LogP contribution is -2.43. The molecule has 1 atom stereocenters. The van der Waals surface area contributed by atoms with Gasteiger partial charge in [0.15, 0.2) is 0 Å². The molecule has 0 radical (unpaired) electrons. The monoisotopic (exact) mass is 303 g/mol. The van der Waals surface area contributed by atoms with Gasteiger partial charge < -0.3 is 16.4 Å². The third-order valence-corrected chi connectivity index (χ3v) is 4.36. The van der Waals surface area contributed by atoms with Crippen LogP contribution in [0.15, 0.2) is 24.3 Å². The van der Waals surface area contributed by atoms with E-state index < -0.39 is 5.41 Å². The highest BCUT2D eigenvalue weighted by molar-refractivity contribution is 6.07. The van der Waals surface area contributed by atoms with Gasteiger partial charge in [0.2, 0.25) is 11.8 Å². The maximum absolute atomic E-state index is 12.2. The van der Waals surface area contributed by atoms with E-state index in [4.69, 9.17) is 5.73 Å². The van der Waals surface area contributed by atoms with Crippen molar-refractivity contribution in [1.82, 2.24) is 10.6 Å². The van der Waals surface area contributed by atoms with Crippen molar-refractivity contribution in [1.29, 1.82) is 0 Å². The van der Waals surface area contributed by atoms with Gasteiger partial charge in [0.1, 0.15) is 5.41 Å². The largest absolute Gasteiger partial charge is 0.358 e. The zero-order valence-corrected chi connectivity index (χ0v) is 13.5. The average Bonchev–Trinajstić information content (AvgIpc) is 3.33. The number of hydrogen-bond donors (Lipinski definition) is 3. The zero-order valence-electron chi connectivity index (χ0n) is 13.5. The van der Waals surface area contributed by atoms with Crippen molar-refractivity contribution in [2.75, 3.05) is 13.6 Å². The Balaban J connectivity index is 1.91. The van der Waals surface area contributed by atoms with E-state index in [2.05, 4.69) is 36.6 Å². The van der Waals surface area contributed by atoms with Gasteiger partial charge in [-0.15, -0.1) is 0 Å². The van der Waals surface area contributed by atoms with Crippen molar-refractivity contribution in [3.8, 4) is 0 Å². The van der Waals surface area contributed by atoms with Gasteiger partial charge in [-0.1, -0.05) is 38.1 Å². The summed E-state index contributed by atoms with van der Waals surface area (Å²) in [6.45, 7) is 4.62. The fourth-order valence-corrected chi connectivity index (χ4v) is 2.54. The molecule has 1 unspecified atom stereocenters. The van der Waals surface area contributed by atoms with E-state index in [1.807, 2.05) is 12.1 Å². The Bertz CT molecular complexity index is 548. The quantitative estimate of drug-likeness (QED) is 0.696. The van der Waals surface area contributed by atoms with Crippen LogP contribution in [-0.2, 0) is 9.59 Å². The summed E-state index contributed by atoms with van der Waals surface area (Å²) in [5.74, 6) is 0.0493. The second kappa shape index (κ2) is 6.48. The van der Waals surface area contributed by atoms with Gasteiger partial charge in [-0.3, -0.25) is 9.59 Å². The molecule has 1 saturated carbocycles. The number of benzene rings is 1. The minimum absolute atomic E-state index is 0.208. The molecule has 1 fully saturated rings. The molecule has 1 aromatic carbocycles. The van der Waals surface area contributed by atoms with Crippen molar-refractivity contribution >= 4 is 11.8 Å². The smallest absolute Gasteiger partial charge is 0.235 e. The lowest BCUT2D eigenvalue weighted by molar-refractivity contribution is -0.136. The van der Waals surface area contributed by atoms with E-state index in [0.29, 0.717) is 25.3 Å². The first kappa shape index (κ1) is 16.5. The van der Waals surface area contributed by atoms with Crippen LogP contribution < -0.4 is 16.4 Å². The molecule has 2 amide bonds. The average molecular weight is 303 g/mol. The third kappa shape index (κ3) is 3.30. The highest BCUT2D eigenvalue weighted by Gasteiger charge is 2.56. The van der Waals surface area contributed by atoms with Gasteiger partial charge in [-0.2, -0.15) is 0 Å². The molecule has 22 heavy (non-hydrogen) atoms. The highest BCUT2D eigenvalue weighted by atomic mass is 16.2. The van der Waals surface area contributed by atoms with Crippen LogP contribution in [0.3, 0.4) is 0 Å². The van der Waals surface area contributed by atoms with Crippen molar-refractivity contribution in [2.45, 2.75) is 38.6 Å². The molecule has 120 valence electrons. The number of rotatable bonds is 6. The van der Waals surface area contributed by atoms with E-state index in [0.717, 1.165) is 5.56 Å². The molecule has 5 nitrogen and oxygen atoms in total. The Labute approximate surface area is 131 Å². The van der Waals surface area contributed by atoms with Gasteiger partial charge in [0, 0.05) is 19.6 Å². The number of nitrogens with two attached hydrogens (primary N) is 1. The summed E-state index contributed by atoms with van der Waals surface area (Å²) in [6, 6.07) is 7.85. The Kier molecular flexibility index (Phi) is 4.86. The summed E-state index contributed by atoms with van der Waals surface area (Å²) >= 11 is 0. The first-order valence-corrected chi connectivity index (χ1v) is 7.76. The van der Waals surface area contributed by atoms with Crippen LogP contribution >= 0.6 is 0 Å². The molecular formula is C17H25N3O2. The fourth-order valence-electron chi connectivity index (χ4n) is 2.54. The van der Waals surface area contributed by atoms with Crippen LogP contribution in [0.25, 0.3) is 0 Å². The highest BCUT2D eigenvalue weighted by Crippen LogP contribution is 2.46. The molecule has 2 rings (SSSR count). The molecule has 0 bridgehead atoms. The topological polar surface area (TPSA) is 84.2 Å². The van der Waals surface area contributed by atoms with Gasteiger partial charge in [0.05, 0.1) is 0 Å². The Morgan fingerprint density at radius 3 is 2.14 bits per heavy atom. The van der Waals surface area contributed by atoms with E-state index in [1.54, 1.807) is 7.05 Å². The molecule has 0 spiro atoms. The van der Waals surface area contributed by atoms with E-state index in [9.17, 15) is 9.59 Å². The minimum atomic E-state index is -0.865. The minimum Gasteiger partial charge on any atom is -0.358 e. The number of carbonyl (C=O) groups is 2. The van der Waals surface area contributed by atoms with Crippen LogP contribution in [0.2, 0.25) is 0 Å². The van der Waals surface area contributed by atoms with Crippen LogP contribution in [0.4, 0.5) is 0 Å². The fraction of sp³-hybridized carbons (Fsp3) is 0.529. The molecule has 1 aromatic rings. The van der Waals surface area contributed by atoms with Crippen LogP contribution in [0.5, 0.6) is 0 Å². The van der Waals surface area contributed by atoms with E-state index >= 15 is 0 Å². The summed E-state index contributed by atoms with van der Waals surface area (Å²) in [7, 11) is 1.55. The van der Waals surface area contributed by atoms with Crippen LogP contribution in [-0.4, -0.2) is 25.4 Å². The number of amides is 2. The molecule has 1 aliphatic rings. The predicted molar refractivity (Wildman–Crippen MR) is 86.2 cm³/mol. The number of nitrogens with one attached hydrogen (secondary N) is 2. The van der Waals surface area contributed by atoms with Crippen molar-refractivity contribution in [3.05, 3.63) is 35.4 Å². The lowest BCUT2D eigenvalue weighted by Gasteiger charge is -2.17. The SMILES string of the molecule is CNC(=O)C1(C(=O)NCC(N)c2ccc(C(C)C)cc2)CC1. The van der Waals surface area contributed by atoms with Gasteiger partial charge in [-0.25, -0.2) is 0 Å². The van der Waals surface area contributed by atoms with Crippen molar-refractivity contribution < 1.29 is 9.59 Å². The van der Waals surface area contributed by atoms with Gasteiger partial charge in [0.25, 0.3) is 0 Å². The maximum Gasteiger partial charge on any atom is 0.235 e. The van der Waals surface area contributed by atoms with Crippen LogP contribution in [0.1, 0.15) is 49.8 Å². The molecule has 0 heterocycles. The number of hydrogen-bond acceptors (Lipinski definition) is 3. The first-order chi connectivity index (χ1) is 10.4. The molecular weight excluding hydrogens is 278 g/mol. The standard InChI is InChI=1S/C17H25N3O2/c1-11(2)12-4-6-13(7-5-12)14(18)10-20-16(22)17(8-9-17)15(21)19-3/h4-7,11,14H,8-10,18H2,1-3H3,(H,19,21)(H,20,22). The zero-order chi connectivity index (χ0) is 16.3. The molecule has 0 aliphatic heterocycles. The number of carbonyl (C=O) groups excluding carboxylic acids is 2. The molecule has 0 aromatic heterocycles. The van der Waals surface area contributed by atoms with Crippen molar-refractivity contribution in [3.63, 3.8) is 0 Å². The predicted octanol–water partition coefficient (Wildman–Crippen LogP) is 1.45. The first-order valence-electron chi connectivity index (χ1n) is 7.76. The summed E-state index contributed by atoms with van der Waals surface area (Å²) in [4.78, 5) is 23.9. The Hall–Kier alpha value is -1.88. The second-order valence-electron chi connectivity index (χ2n) is 6.30. The molecule has 5 heteroatoms. The second-order valence-corrected chi connectivity index (χ2v) is 6.30. The van der Waals surface area contributed by atoms with E-state index in [1.165, 1.54) is 5.56 Å². The molecule has 0 saturated heterocycles. The van der Waals surface area contributed by atoms with Gasteiger partial charge >= 0.3 is 0 Å². The normalized spacial score (nSPS) is 17.0. The Morgan fingerprint density at radius 2 is 1.68 bits per heavy atom. The summed E-state index contributed by atoms with van der Waals surface area (Å²) < 4.78 is 0. The third-order valence-electron chi connectivity index (χ3n) is 4.36. The lowest BCUT2D eigenvalue weighted by atomic mass is 9.99. The summed E-state index contributed by atoms with van der Waals surface area (Å²) in [5.41, 5.74) is 7.50.